The third-order valence-electron chi connectivity index (χ3n) is 3.74. The number of hydrogen-bond acceptors (Lipinski definition) is 8. The molecule has 11 heteroatoms. The first kappa shape index (κ1) is 17.5. The lowest BCUT2D eigenvalue weighted by Gasteiger charge is -2.06. The fourth-order valence-electron chi connectivity index (χ4n) is 2.37. The molecule has 4 aromatic rings. The van der Waals surface area contributed by atoms with Crippen LogP contribution >= 0.6 is 0 Å². The number of aromatic nitrogens is 7. The summed E-state index contributed by atoms with van der Waals surface area (Å²) in [4.78, 5) is 28.8. The van der Waals surface area contributed by atoms with Crippen molar-refractivity contribution in [2.45, 2.75) is 13.0 Å². The minimum absolute atomic E-state index is 0.0542. The second-order valence-electron chi connectivity index (χ2n) is 5.62. The Kier molecular flexibility index (Phi) is 4.62. The second kappa shape index (κ2) is 7.39. The molecular weight excluding hydrogens is 372 g/mol. The normalized spacial score (nSPS) is 11.1. The van der Waals surface area contributed by atoms with Crippen molar-refractivity contribution in [1.82, 2.24) is 34.7 Å². The van der Waals surface area contributed by atoms with Gasteiger partial charge >= 0.3 is 6.43 Å². The van der Waals surface area contributed by atoms with Gasteiger partial charge in [0.1, 0.15) is 5.69 Å². The fraction of sp³-hybridized carbons (Fsp3) is 0.118. The molecule has 0 unspecified atom stereocenters. The van der Waals surface area contributed by atoms with E-state index in [4.69, 9.17) is 4.42 Å². The van der Waals surface area contributed by atoms with Gasteiger partial charge < -0.3 is 4.42 Å². The molecule has 28 heavy (non-hydrogen) atoms. The summed E-state index contributed by atoms with van der Waals surface area (Å²) in [6.07, 6.45) is 4.53. The van der Waals surface area contributed by atoms with Crippen LogP contribution in [0.4, 0.5) is 8.78 Å². The highest BCUT2D eigenvalue weighted by molar-refractivity contribution is 5.51. The summed E-state index contributed by atoms with van der Waals surface area (Å²) in [7, 11) is 0. The van der Waals surface area contributed by atoms with Crippen LogP contribution in [0.1, 0.15) is 18.0 Å². The monoisotopic (exact) mass is 383 g/mol. The maximum atomic E-state index is 12.5. The van der Waals surface area contributed by atoms with Crippen LogP contribution < -0.4 is 5.56 Å². The largest absolute Gasteiger partial charge is 0.415 e. The lowest BCUT2D eigenvalue weighted by atomic mass is 10.2. The highest BCUT2D eigenvalue weighted by Crippen LogP contribution is 2.22. The van der Waals surface area contributed by atoms with Gasteiger partial charge in [0.05, 0.1) is 36.0 Å². The van der Waals surface area contributed by atoms with Gasteiger partial charge in [0, 0.05) is 24.7 Å². The minimum Gasteiger partial charge on any atom is -0.415 e. The van der Waals surface area contributed by atoms with Crippen molar-refractivity contribution >= 4 is 0 Å². The Morgan fingerprint density at radius 3 is 2.57 bits per heavy atom. The molecule has 0 amide bonds. The van der Waals surface area contributed by atoms with E-state index in [1.807, 2.05) is 0 Å². The molecule has 0 aliphatic rings. The van der Waals surface area contributed by atoms with Crippen LogP contribution in [0.15, 0.2) is 58.5 Å². The van der Waals surface area contributed by atoms with E-state index in [9.17, 15) is 13.6 Å². The summed E-state index contributed by atoms with van der Waals surface area (Å²) in [6.45, 7) is 0.180. The quantitative estimate of drug-likeness (QED) is 0.515. The molecule has 0 N–H and O–H groups in total. The summed E-state index contributed by atoms with van der Waals surface area (Å²) < 4.78 is 31.3. The molecule has 0 fully saturated rings. The molecule has 9 nitrogen and oxygen atoms in total. The Morgan fingerprint density at radius 2 is 1.93 bits per heavy atom. The molecule has 0 spiro atoms. The van der Waals surface area contributed by atoms with Gasteiger partial charge in [0.15, 0.2) is 0 Å². The van der Waals surface area contributed by atoms with Gasteiger partial charge in [-0.3, -0.25) is 24.3 Å². The zero-order chi connectivity index (χ0) is 19.5. The molecule has 4 aromatic heterocycles. The summed E-state index contributed by atoms with van der Waals surface area (Å²) >= 11 is 0. The Balaban J connectivity index is 1.52. The van der Waals surface area contributed by atoms with Crippen LogP contribution in [-0.2, 0) is 6.54 Å². The first-order valence-electron chi connectivity index (χ1n) is 8.00. The van der Waals surface area contributed by atoms with Crippen LogP contribution in [0.5, 0.6) is 0 Å². The molecule has 140 valence electrons. The van der Waals surface area contributed by atoms with Crippen molar-refractivity contribution < 1.29 is 13.2 Å². The van der Waals surface area contributed by atoms with Gasteiger partial charge in [-0.1, -0.05) is 0 Å². The van der Waals surface area contributed by atoms with Crippen molar-refractivity contribution in [1.29, 1.82) is 0 Å². The highest BCUT2D eigenvalue weighted by atomic mass is 19.3. The van der Waals surface area contributed by atoms with Gasteiger partial charge in [-0.2, -0.15) is 8.78 Å². The standard InChI is InChI=1S/C17H11F2N7O2/c18-15(19)17-25-24-16(28-17)10-1-2-11(22-6-10)8-26-9-23-12(5-14(26)27)13-7-20-3-4-21-13/h1-7,9,15H,8H2. The van der Waals surface area contributed by atoms with Gasteiger partial charge in [-0.15, -0.1) is 10.2 Å². The molecule has 0 aliphatic carbocycles. The van der Waals surface area contributed by atoms with Crippen LogP contribution in [0.2, 0.25) is 0 Å². The minimum atomic E-state index is -2.84. The van der Waals surface area contributed by atoms with E-state index in [1.165, 1.54) is 41.7 Å². The molecule has 0 aliphatic heterocycles. The first-order chi connectivity index (χ1) is 13.6. The van der Waals surface area contributed by atoms with Crippen molar-refractivity contribution in [3.05, 3.63) is 71.3 Å². The van der Waals surface area contributed by atoms with Crippen LogP contribution in [0.25, 0.3) is 22.8 Å². The van der Waals surface area contributed by atoms with Gasteiger partial charge in [0.25, 0.3) is 11.4 Å². The van der Waals surface area contributed by atoms with Crippen molar-refractivity contribution in [2.24, 2.45) is 0 Å². The Morgan fingerprint density at radius 1 is 1.04 bits per heavy atom. The molecule has 0 saturated carbocycles. The van der Waals surface area contributed by atoms with E-state index in [1.54, 1.807) is 12.1 Å². The average molecular weight is 383 g/mol. The zero-order valence-electron chi connectivity index (χ0n) is 14.1. The maximum Gasteiger partial charge on any atom is 0.314 e. The van der Waals surface area contributed by atoms with Crippen molar-refractivity contribution in [3.63, 3.8) is 0 Å². The van der Waals surface area contributed by atoms with Crippen molar-refractivity contribution in [3.8, 4) is 22.8 Å². The van der Waals surface area contributed by atoms with E-state index < -0.39 is 12.3 Å². The van der Waals surface area contributed by atoms with Crippen LogP contribution in [0, 0.1) is 0 Å². The van der Waals surface area contributed by atoms with E-state index in [2.05, 4.69) is 30.1 Å². The van der Waals surface area contributed by atoms with E-state index >= 15 is 0 Å². The fourth-order valence-corrected chi connectivity index (χ4v) is 2.37. The van der Waals surface area contributed by atoms with Gasteiger partial charge in [-0.05, 0) is 12.1 Å². The van der Waals surface area contributed by atoms with E-state index in [0.29, 0.717) is 22.6 Å². The second-order valence-corrected chi connectivity index (χ2v) is 5.62. The summed E-state index contributed by atoms with van der Waals surface area (Å²) in [5, 5.41) is 6.83. The lowest BCUT2D eigenvalue weighted by molar-refractivity contribution is 0.116. The number of nitrogens with zero attached hydrogens (tertiary/aromatic N) is 7. The molecular formula is C17H11F2N7O2. The number of pyridine rings is 1. The number of rotatable bonds is 5. The van der Waals surface area contributed by atoms with Crippen LogP contribution in [-0.4, -0.2) is 34.7 Å². The molecule has 0 bridgehead atoms. The molecule has 4 heterocycles. The maximum absolute atomic E-state index is 12.5. The lowest BCUT2D eigenvalue weighted by Crippen LogP contribution is -2.21. The van der Waals surface area contributed by atoms with Gasteiger partial charge in [-0.25, -0.2) is 4.98 Å². The molecule has 0 atom stereocenters. The topological polar surface area (TPSA) is 112 Å². The Hall–Kier alpha value is -3.89. The number of hydrogen-bond donors (Lipinski definition) is 0. The average Bonchev–Trinajstić information content (AvgIpc) is 3.21. The number of alkyl halides is 2. The van der Waals surface area contributed by atoms with Crippen LogP contribution in [0.3, 0.4) is 0 Å². The molecule has 4 rings (SSSR count). The highest BCUT2D eigenvalue weighted by Gasteiger charge is 2.17. The molecule has 0 aromatic carbocycles. The zero-order valence-corrected chi connectivity index (χ0v) is 14.1. The summed E-state index contributed by atoms with van der Waals surface area (Å²) in [5.74, 6) is -0.804. The summed E-state index contributed by atoms with van der Waals surface area (Å²) in [6, 6.07) is 4.59. The summed E-state index contributed by atoms with van der Waals surface area (Å²) in [5.41, 5.74) is 1.60. The SMILES string of the molecule is O=c1cc(-c2cnccn2)ncn1Cc1ccc(-c2nnc(C(F)F)o2)cn1. The molecule has 0 saturated heterocycles. The van der Waals surface area contributed by atoms with E-state index in [-0.39, 0.29) is 18.0 Å². The Bertz CT molecular complexity index is 1140. The third kappa shape index (κ3) is 3.63. The first-order valence-corrected chi connectivity index (χ1v) is 8.00. The number of halogens is 2. The van der Waals surface area contributed by atoms with E-state index in [0.717, 1.165) is 0 Å². The smallest absolute Gasteiger partial charge is 0.314 e. The third-order valence-corrected chi connectivity index (χ3v) is 3.74. The Labute approximate surface area is 155 Å². The predicted molar refractivity (Wildman–Crippen MR) is 91.1 cm³/mol. The van der Waals surface area contributed by atoms with Crippen molar-refractivity contribution in [2.75, 3.05) is 0 Å². The predicted octanol–water partition coefficient (Wildman–Crippen LogP) is 2.13. The molecule has 0 radical (unpaired) electrons. The van der Waals surface area contributed by atoms with Gasteiger partial charge in [0.2, 0.25) is 5.89 Å².